The Morgan fingerprint density at radius 3 is 2.84 bits per heavy atom. The maximum absolute atomic E-state index is 5.64. The van der Waals surface area contributed by atoms with E-state index in [2.05, 4.69) is 46.5 Å². The standard InChI is InChI=1S/C18H33N5O2/c1-4-19-18(21-11-6-12-24-13-15-8-9-15)20-10-5-7-16-22-17(14(2)3)23-25-16/h14-15H,4-13H2,1-3H3,(H2,19,20,21). The molecule has 7 heteroatoms. The molecule has 1 saturated carbocycles. The second kappa shape index (κ2) is 11.1. The highest BCUT2D eigenvalue weighted by Gasteiger charge is 2.20. The van der Waals surface area contributed by atoms with Crippen LogP contribution in [0.5, 0.6) is 0 Å². The zero-order valence-corrected chi connectivity index (χ0v) is 15.9. The molecule has 0 unspecified atom stereocenters. The van der Waals surface area contributed by atoms with Crippen molar-refractivity contribution in [3.63, 3.8) is 0 Å². The fraction of sp³-hybridized carbons (Fsp3) is 0.833. The summed E-state index contributed by atoms with van der Waals surface area (Å²) in [6.45, 7) is 10.4. The van der Waals surface area contributed by atoms with Gasteiger partial charge < -0.3 is 19.9 Å². The van der Waals surface area contributed by atoms with E-state index in [4.69, 9.17) is 9.26 Å². The van der Waals surface area contributed by atoms with Gasteiger partial charge in [-0.1, -0.05) is 19.0 Å². The van der Waals surface area contributed by atoms with Gasteiger partial charge in [-0.05, 0) is 38.5 Å². The summed E-state index contributed by atoms with van der Waals surface area (Å²) in [4.78, 5) is 8.98. The van der Waals surface area contributed by atoms with Crippen molar-refractivity contribution in [2.45, 2.75) is 58.8 Å². The summed E-state index contributed by atoms with van der Waals surface area (Å²) < 4.78 is 10.9. The van der Waals surface area contributed by atoms with Crippen molar-refractivity contribution in [1.29, 1.82) is 0 Å². The number of hydrogen-bond donors (Lipinski definition) is 2. The topological polar surface area (TPSA) is 84.6 Å². The summed E-state index contributed by atoms with van der Waals surface area (Å²) in [6, 6.07) is 0. The van der Waals surface area contributed by atoms with Gasteiger partial charge in [-0.15, -0.1) is 0 Å². The van der Waals surface area contributed by atoms with E-state index in [1.54, 1.807) is 0 Å². The Balaban J connectivity index is 1.58. The summed E-state index contributed by atoms with van der Waals surface area (Å²) in [6.07, 6.45) is 5.34. The second-order valence-electron chi connectivity index (χ2n) is 6.86. The number of aromatic nitrogens is 2. The molecule has 142 valence electrons. The average molecular weight is 351 g/mol. The molecule has 0 atom stereocenters. The first-order valence-electron chi connectivity index (χ1n) is 9.61. The lowest BCUT2D eigenvalue weighted by Crippen LogP contribution is -2.38. The molecule has 1 aliphatic carbocycles. The molecule has 0 saturated heterocycles. The number of aryl methyl sites for hydroxylation is 1. The number of guanidine groups is 1. The predicted molar refractivity (Wildman–Crippen MR) is 98.8 cm³/mol. The van der Waals surface area contributed by atoms with Crippen molar-refractivity contribution < 1.29 is 9.26 Å². The highest BCUT2D eigenvalue weighted by molar-refractivity contribution is 5.79. The van der Waals surface area contributed by atoms with Crippen molar-refractivity contribution >= 4 is 5.96 Å². The van der Waals surface area contributed by atoms with Crippen LogP contribution in [0, 0.1) is 5.92 Å². The predicted octanol–water partition coefficient (Wildman–Crippen LogP) is 2.50. The van der Waals surface area contributed by atoms with Crippen LogP contribution >= 0.6 is 0 Å². The Morgan fingerprint density at radius 1 is 1.32 bits per heavy atom. The molecule has 2 rings (SSSR count). The minimum atomic E-state index is 0.299. The van der Waals surface area contributed by atoms with Gasteiger partial charge in [-0.25, -0.2) is 0 Å². The van der Waals surface area contributed by atoms with Gasteiger partial charge in [0, 0.05) is 45.2 Å². The Hall–Kier alpha value is -1.63. The number of nitrogens with zero attached hydrogens (tertiary/aromatic N) is 3. The van der Waals surface area contributed by atoms with E-state index in [1.807, 2.05) is 0 Å². The van der Waals surface area contributed by atoms with Crippen LogP contribution in [-0.4, -0.2) is 48.9 Å². The first kappa shape index (κ1) is 19.7. The molecule has 0 amide bonds. The van der Waals surface area contributed by atoms with Crippen molar-refractivity contribution in [1.82, 2.24) is 20.8 Å². The van der Waals surface area contributed by atoms with E-state index in [0.29, 0.717) is 11.8 Å². The molecule has 0 bridgehead atoms. The molecular weight excluding hydrogens is 318 g/mol. The molecule has 0 aromatic carbocycles. The molecule has 1 fully saturated rings. The van der Waals surface area contributed by atoms with E-state index < -0.39 is 0 Å². The van der Waals surface area contributed by atoms with Crippen LogP contribution in [0.15, 0.2) is 9.52 Å². The SMILES string of the molecule is CCNC(=NCCCc1nc(C(C)C)no1)NCCCOCC1CC1. The summed E-state index contributed by atoms with van der Waals surface area (Å²) in [5.74, 6) is 3.47. The summed E-state index contributed by atoms with van der Waals surface area (Å²) in [5, 5.41) is 10.6. The van der Waals surface area contributed by atoms with Gasteiger partial charge in [-0.2, -0.15) is 4.98 Å². The Kier molecular flexibility index (Phi) is 8.72. The van der Waals surface area contributed by atoms with Gasteiger partial charge in [0.05, 0.1) is 0 Å². The lowest BCUT2D eigenvalue weighted by Gasteiger charge is -2.11. The first-order chi connectivity index (χ1) is 12.2. The monoisotopic (exact) mass is 351 g/mol. The number of nitrogens with one attached hydrogen (secondary N) is 2. The van der Waals surface area contributed by atoms with Crippen LogP contribution in [0.3, 0.4) is 0 Å². The summed E-state index contributed by atoms with van der Waals surface area (Å²) in [7, 11) is 0. The van der Waals surface area contributed by atoms with Gasteiger partial charge in [0.2, 0.25) is 5.89 Å². The largest absolute Gasteiger partial charge is 0.381 e. The van der Waals surface area contributed by atoms with Crippen LogP contribution in [0.4, 0.5) is 0 Å². The number of aliphatic imine (C=N–C) groups is 1. The lowest BCUT2D eigenvalue weighted by atomic mass is 10.2. The fourth-order valence-electron chi connectivity index (χ4n) is 2.28. The van der Waals surface area contributed by atoms with Crippen molar-refractivity contribution in [3.8, 4) is 0 Å². The normalized spacial score (nSPS) is 15.0. The van der Waals surface area contributed by atoms with Crippen LogP contribution in [-0.2, 0) is 11.2 Å². The molecular formula is C18H33N5O2. The van der Waals surface area contributed by atoms with Crippen LogP contribution < -0.4 is 10.6 Å². The van der Waals surface area contributed by atoms with Gasteiger partial charge in [0.1, 0.15) is 0 Å². The van der Waals surface area contributed by atoms with Gasteiger partial charge >= 0.3 is 0 Å². The molecule has 7 nitrogen and oxygen atoms in total. The molecule has 0 radical (unpaired) electrons. The van der Waals surface area contributed by atoms with Crippen LogP contribution in [0.1, 0.15) is 64.1 Å². The van der Waals surface area contributed by atoms with Crippen molar-refractivity contribution in [2.75, 3.05) is 32.8 Å². The average Bonchev–Trinajstić information content (AvgIpc) is 3.29. The molecule has 25 heavy (non-hydrogen) atoms. The second-order valence-corrected chi connectivity index (χ2v) is 6.86. The Bertz CT molecular complexity index is 511. The number of hydrogen-bond acceptors (Lipinski definition) is 5. The van der Waals surface area contributed by atoms with E-state index in [9.17, 15) is 0 Å². The third-order valence-electron chi connectivity index (χ3n) is 3.97. The third-order valence-corrected chi connectivity index (χ3v) is 3.97. The number of rotatable bonds is 12. The molecule has 1 aromatic rings. The zero-order valence-electron chi connectivity index (χ0n) is 15.9. The summed E-state index contributed by atoms with van der Waals surface area (Å²) >= 11 is 0. The van der Waals surface area contributed by atoms with E-state index >= 15 is 0 Å². The quantitative estimate of drug-likeness (QED) is 0.342. The fourth-order valence-corrected chi connectivity index (χ4v) is 2.28. The van der Waals surface area contributed by atoms with Crippen LogP contribution in [0.25, 0.3) is 0 Å². The van der Waals surface area contributed by atoms with E-state index in [1.165, 1.54) is 12.8 Å². The van der Waals surface area contributed by atoms with Gasteiger partial charge in [-0.3, -0.25) is 4.99 Å². The number of ether oxygens (including phenoxy) is 1. The van der Waals surface area contributed by atoms with Crippen molar-refractivity contribution in [2.24, 2.45) is 10.9 Å². The molecule has 1 aromatic heterocycles. The van der Waals surface area contributed by atoms with Gasteiger partial charge in [0.15, 0.2) is 11.8 Å². The Morgan fingerprint density at radius 2 is 2.16 bits per heavy atom. The van der Waals surface area contributed by atoms with E-state index in [-0.39, 0.29) is 0 Å². The highest BCUT2D eigenvalue weighted by Crippen LogP contribution is 2.28. The van der Waals surface area contributed by atoms with E-state index in [0.717, 1.165) is 69.8 Å². The minimum Gasteiger partial charge on any atom is -0.381 e. The highest BCUT2D eigenvalue weighted by atomic mass is 16.5. The first-order valence-corrected chi connectivity index (χ1v) is 9.61. The zero-order chi connectivity index (χ0) is 17.9. The maximum Gasteiger partial charge on any atom is 0.226 e. The smallest absolute Gasteiger partial charge is 0.226 e. The molecule has 1 aliphatic rings. The van der Waals surface area contributed by atoms with Gasteiger partial charge in [0.25, 0.3) is 0 Å². The molecule has 2 N–H and O–H groups in total. The molecule has 1 heterocycles. The Labute approximate surface area is 151 Å². The molecule has 0 spiro atoms. The minimum absolute atomic E-state index is 0.299. The van der Waals surface area contributed by atoms with Crippen LogP contribution in [0.2, 0.25) is 0 Å². The molecule has 0 aliphatic heterocycles. The lowest BCUT2D eigenvalue weighted by molar-refractivity contribution is 0.123. The third kappa shape index (κ3) is 8.34. The van der Waals surface area contributed by atoms with Crippen molar-refractivity contribution in [3.05, 3.63) is 11.7 Å². The maximum atomic E-state index is 5.64. The summed E-state index contributed by atoms with van der Waals surface area (Å²) in [5.41, 5.74) is 0.